The van der Waals surface area contributed by atoms with Crippen LogP contribution in [0.3, 0.4) is 0 Å². The molecule has 0 spiro atoms. The van der Waals surface area contributed by atoms with Gasteiger partial charge >= 0.3 is 6.18 Å². The Hall–Kier alpha value is -1.57. The summed E-state index contributed by atoms with van der Waals surface area (Å²) in [5, 5.41) is 2.76. The number of nitrogens with zero attached hydrogens (tertiary/aromatic N) is 4. The molecule has 0 aromatic carbocycles. The lowest BCUT2D eigenvalue weighted by Gasteiger charge is -2.39. The minimum Gasteiger partial charge on any atom is -0.354 e. The van der Waals surface area contributed by atoms with Gasteiger partial charge in [-0.15, -0.1) is 0 Å². The van der Waals surface area contributed by atoms with E-state index in [-0.39, 0.29) is 12.0 Å². The molecule has 5 nitrogen and oxygen atoms in total. The number of likely N-dealkylation sites (N-methyl/N-ethyl adjacent to an activating group) is 1. The van der Waals surface area contributed by atoms with E-state index in [4.69, 9.17) is 0 Å². The van der Waals surface area contributed by atoms with Gasteiger partial charge in [0.2, 0.25) is 5.95 Å². The summed E-state index contributed by atoms with van der Waals surface area (Å²) < 4.78 is 38.9. The van der Waals surface area contributed by atoms with Crippen molar-refractivity contribution < 1.29 is 13.2 Å². The zero-order chi connectivity index (χ0) is 15.6. The third-order valence-corrected chi connectivity index (χ3v) is 3.46. The lowest BCUT2D eigenvalue weighted by atomic mass is 10.2. The first-order valence-electron chi connectivity index (χ1n) is 6.96. The van der Waals surface area contributed by atoms with Crippen molar-refractivity contribution in [1.82, 2.24) is 14.9 Å². The van der Waals surface area contributed by atoms with E-state index >= 15 is 0 Å². The lowest BCUT2D eigenvalue weighted by Crippen LogP contribution is -2.51. The fourth-order valence-electron chi connectivity index (χ4n) is 2.44. The molecular formula is C13H20F3N5. The summed E-state index contributed by atoms with van der Waals surface area (Å²) in [7, 11) is 2.00. The number of nitrogens with one attached hydrogen (secondary N) is 1. The maximum Gasteiger partial charge on any atom is 0.433 e. The van der Waals surface area contributed by atoms with Crippen molar-refractivity contribution in [3.05, 3.63) is 11.8 Å². The number of rotatable bonds is 3. The van der Waals surface area contributed by atoms with E-state index in [2.05, 4.69) is 20.2 Å². The Morgan fingerprint density at radius 3 is 2.62 bits per heavy atom. The van der Waals surface area contributed by atoms with Crippen molar-refractivity contribution in [2.45, 2.75) is 26.1 Å². The number of halogens is 3. The molecule has 0 amide bonds. The molecule has 2 heterocycles. The third kappa shape index (κ3) is 3.75. The van der Waals surface area contributed by atoms with Gasteiger partial charge in [-0.25, -0.2) is 4.98 Å². The molecule has 1 aromatic rings. The minimum atomic E-state index is -4.47. The predicted molar refractivity (Wildman–Crippen MR) is 75.5 cm³/mol. The molecule has 1 atom stereocenters. The van der Waals surface area contributed by atoms with Gasteiger partial charge in [-0.05, 0) is 20.9 Å². The number of alkyl halides is 3. The fourth-order valence-corrected chi connectivity index (χ4v) is 2.44. The van der Waals surface area contributed by atoms with Crippen LogP contribution in [0.2, 0.25) is 0 Å². The van der Waals surface area contributed by atoms with Crippen LogP contribution in [0.15, 0.2) is 6.07 Å². The van der Waals surface area contributed by atoms with Gasteiger partial charge in [-0.1, -0.05) is 0 Å². The third-order valence-electron chi connectivity index (χ3n) is 3.46. The molecule has 21 heavy (non-hydrogen) atoms. The van der Waals surface area contributed by atoms with Crippen LogP contribution in [0.5, 0.6) is 0 Å². The molecule has 118 valence electrons. The Balaban J connectivity index is 2.35. The zero-order valence-electron chi connectivity index (χ0n) is 12.4. The van der Waals surface area contributed by atoms with Gasteiger partial charge in [-0.2, -0.15) is 18.2 Å². The Labute approximate surface area is 122 Å². The average Bonchev–Trinajstić information content (AvgIpc) is 2.37. The summed E-state index contributed by atoms with van der Waals surface area (Å²) in [6.45, 7) is 6.49. The standard InChI is InChI=1S/C13H20F3N5/c1-4-17-12-18-10(13(14,15)16)7-11(19-12)21-6-5-20(3)8-9(21)2/h7,9H,4-6,8H2,1-3H3,(H,17,18,19). The molecule has 1 unspecified atom stereocenters. The summed E-state index contributed by atoms with van der Waals surface area (Å²) >= 11 is 0. The van der Waals surface area contributed by atoms with Crippen molar-refractivity contribution in [2.75, 3.05) is 43.4 Å². The Morgan fingerprint density at radius 2 is 2.05 bits per heavy atom. The van der Waals surface area contributed by atoms with Gasteiger partial charge < -0.3 is 15.1 Å². The first-order valence-corrected chi connectivity index (χ1v) is 6.96. The molecule has 1 aliphatic heterocycles. The normalized spacial score (nSPS) is 20.7. The summed E-state index contributed by atoms with van der Waals surface area (Å²) in [5.41, 5.74) is -0.908. The second-order valence-electron chi connectivity index (χ2n) is 5.27. The molecule has 0 saturated carbocycles. The van der Waals surface area contributed by atoms with Gasteiger partial charge in [0.15, 0.2) is 5.69 Å². The summed E-state index contributed by atoms with van der Waals surface area (Å²) in [5.74, 6) is 0.349. The second kappa shape index (κ2) is 6.05. The highest BCUT2D eigenvalue weighted by atomic mass is 19.4. The van der Waals surface area contributed by atoms with Crippen LogP contribution in [0.4, 0.5) is 24.9 Å². The first kappa shape index (κ1) is 15.8. The van der Waals surface area contributed by atoms with E-state index in [1.807, 2.05) is 18.9 Å². The van der Waals surface area contributed by atoms with Crippen molar-refractivity contribution in [1.29, 1.82) is 0 Å². The van der Waals surface area contributed by atoms with Gasteiger partial charge in [0, 0.05) is 38.3 Å². The largest absolute Gasteiger partial charge is 0.433 e. The van der Waals surface area contributed by atoms with E-state index < -0.39 is 11.9 Å². The summed E-state index contributed by atoms with van der Waals surface area (Å²) in [6.07, 6.45) is -4.47. The average molecular weight is 303 g/mol. The van der Waals surface area contributed by atoms with Crippen LogP contribution in [-0.2, 0) is 6.18 Å². The fraction of sp³-hybridized carbons (Fsp3) is 0.692. The molecule has 1 N–H and O–H groups in total. The van der Waals surface area contributed by atoms with Gasteiger partial charge in [-0.3, -0.25) is 0 Å². The van der Waals surface area contributed by atoms with E-state index in [1.165, 1.54) is 0 Å². The highest BCUT2D eigenvalue weighted by Gasteiger charge is 2.35. The highest BCUT2D eigenvalue weighted by molar-refractivity contribution is 5.47. The summed E-state index contributed by atoms with van der Waals surface area (Å²) in [6, 6.07) is 1.14. The second-order valence-corrected chi connectivity index (χ2v) is 5.27. The number of piperazine rings is 1. The zero-order valence-corrected chi connectivity index (χ0v) is 12.4. The van der Waals surface area contributed by atoms with Crippen LogP contribution in [0, 0.1) is 0 Å². The van der Waals surface area contributed by atoms with E-state index in [9.17, 15) is 13.2 Å². The predicted octanol–water partition coefficient (Wildman–Crippen LogP) is 2.07. The first-order chi connectivity index (χ1) is 9.81. The smallest absolute Gasteiger partial charge is 0.354 e. The maximum absolute atomic E-state index is 13.0. The molecule has 0 radical (unpaired) electrons. The Morgan fingerprint density at radius 1 is 1.33 bits per heavy atom. The van der Waals surface area contributed by atoms with Crippen LogP contribution >= 0.6 is 0 Å². The van der Waals surface area contributed by atoms with Crippen molar-refractivity contribution in [2.24, 2.45) is 0 Å². The molecule has 1 aliphatic rings. The van der Waals surface area contributed by atoms with Crippen molar-refractivity contribution in [3.63, 3.8) is 0 Å². The number of hydrogen-bond acceptors (Lipinski definition) is 5. The van der Waals surface area contributed by atoms with Crippen LogP contribution < -0.4 is 10.2 Å². The topological polar surface area (TPSA) is 44.3 Å². The molecule has 2 rings (SSSR count). The summed E-state index contributed by atoms with van der Waals surface area (Å²) in [4.78, 5) is 11.8. The van der Waals surface area contributed by atoms with Crippen LogP contribution in [0.1, 0.15) is 19.5 Å². The lowest BCUT2D eigenvalue weighted by molar-refractivity contribution is -0.141. The van der Waals surface area contributed by atoms with Crippen LogP contribution in [0.25, 0.3) is 0 Å². The molecule has 1 saturated heterocycles. The van der Waals surface area contributed by atoms with E-state index in [0.29, 0.717) is 18.9 Å². The highest BCUT2D eigenvalue weighted by Crippen LogP contribution is 2.31. The number of aromatic nitrogens is 2. The molecule has 1 fully saturated rings. The van der Waals surface area contributed by atoms with Gasteiger partial charge in [0.1, 0.15) is 5.82 Å². The van der Waals surface area contributed by atoms with Crippen molar-refractivity contribution >= 4 is 11.8 Å². The number of anilines is 2. The monoisotopic (exact) mass is 303 g/mol. The molecule has 0 aliphatic carbocycles. The number of hydrogen-bond donors (Lipinski definition) is 1. The Kier molecular flexibility index (Phi) is 4.55. The van der Waals surface area contributed by atoms with Crippen LogP contribution in [-0.4, -0.2) is 54.1 Å². The molecular weight excluding hydrogens is 283 g/mol. The quantitative estimate of drug-likeness (QED) is 0.926. The Bertz CT molecular complexity index is 491. The van der Waals surface area contributed by atoms with E-state index in [1.54, 1.807) is 6.92 Å². The molecule has 1 aromatic heterocycles. The molecule has 0 bridgehead atoms. The maximum atomic E-state index is 13.0. The minimum absolute atomic E-state index is 0.0217. The van der Waals surface area contributed by atoms with Crippen molar-refractivity contribution in [3.8, 4) is 0 Å². The SMILES string of the molecule is CCNc1nc(N2CCN(C)CC2C)cc(C(F)(F)F)n1. The van der Waals surface area contributed by atoms with Gasteiger partial charge in [0.05, 0.1) is 0 Å². The van der Waals surface area contributed by atoms with E-state index in [0.717, 1.165) is 19.2 Å². The van der Waals surface area contributed by atoms with Gasteiger partial charge in [0.25, 0.3) is 0 Å². The molecule has 8 heteroatoms.